The third-order valence-electron chi connectivity index (χ3n) is 2.74. The molecule has 2 heterocycles. The van der Waals surface area contributed by atoms with E-state index in [-0.39, 0.29) is 15.7 Å². The fourth-order valence-electron chi connectivity index (χ4n) is 1.81. The van der Waals surface area contributed by atoms with Crippen LogP contribution in [0, 0.1) is 5.82 Å². The molecule has 0 spiro atoms. The summed E-state index contributed by atoms with van der Waals surface area (Å²) in [6.45, 7) is 0. The highest BCUT2D eigenvalue weighted by atomic mass is 35.5. The number of hydrogen-bond donors (Lipinski definition) is 0. The number of rotatable bonds is 1. The second kappa shape index (κ2) is 4.53. The quantitative estimate of drug-likeness (QED) is 0.812. The summed E-state index contributed by atoms with van der Waals surface area (Å²) in [5, 5.41) is -0.0171. The van der Waals surface area contributed by atoms with Gasteiger partial charge in [0.2, 0.25) is 0 Å². The number of anilines is 2. The lowest BCUT2D eigenvalue weighted by molar-refractivity contribution is 0.597. The normalized spacial score (nSPS) is 16.0. The fraction of sp³-hybridized carbons (Fsp3) is 0. The standard InChI is InChI=1S/C12H7ClFN3O2S/c13-9-4-3-8(6-10(9)14)17-7-16-20(18,19)11-2-1-5-15-12(11)17/h1-7H. The molecule has 1 aliphatic rings. The number of pyridine rings is 1. The monoisotopic (exact) mass is 311 g/mol. The van der Waals surface area contributed by atoms with E-state index in [1.54, 1.807) is 6.07 Å². The summed E-state index contributed by atoms with van der Waals surface area (Å²) < 4.78 is 40.6. The summed E-state index contributed by atoms with van der Waals surface area (Å²) in [6.07, 6.45) is 2.54. The van der Waals surface area contributed by atoms with Crippen LogP contribution in [0.1, 0.15) is 0 Å². The molecule has 2 aromatic rings. The van der Waals surface area contributed by atoms with E-state index in [4.69, 9.17) is 11.6 Å². The van der Waals surface area contributed by atoms with Crippen molar-refractivity contribution in [3.63, 3.8) is 0 Å². The summed E-state index contributed by atoms with van der Waals surface area (Å²) in [4.78, 5) is 5.38. The minimum absolute atomic E-state index is 0.0171. The number of benzene rings is 1. The first-order chi connectivity index (χ1) is 9.49. The van der Waals surface area contributed by atoms with Crippen LogP contribution >= 0.6 is 11.6 Å². The summed E-state index contributed by atoms with van der Waals surface area (Å²) in [5.41, 5.74) is 0.380. The molecule has 0 saturated carbocycles. The maximum atomic E-state index is 13.5. The average Bonchev–Trinajstić information content (AvgIpc) is 2.43. The van der Waals surface area contributed by atoms with Gasteiger partial charge in [-0.25, -0.2) is 9.37 Å². The smallest absolute Gasteiger partial charge is 0.283 e. The predicted molar refractivity (Wildman–Crippen MR) is 73.5 cm³/mol. The van der Waals surface area contributed by atoms with Crippen LogP contribution < -0.4 is 4.90 Å². The van der Waals surface area contributed by atoms with Gasteiger partial charge in [-0.1, -0.05) is 11.6 Å². The largest absolute Gasteiger partial charge is 0.287 e. The van der Waals surface area contributed by atoms with Crippen molar-refractivity contribution in [3.8, 4) is 0 Å². The van der Waals surface area contributed by atoms with E-state index >= 15 is 0 Å². The lowest BCUT2D eigenvalue weighted by Crippen LogP contribution is -2.23. The van der Waals surface area contributed by atoms with Crippen LogP contribution in [0.3, 0.4) is 0 Å². The topological polar surface area (TPSA) is 62.6 Å². The Bertz CT molecular complexity index is 823. The van der Waals surface area contributed by atoms with Gasteiger partial charge in [0.15, 0.2) is 5.82 Å². The van der Waals surface area contributed by atoms with E-state index in [9.17, 15) is 12.8 Å². The van der Waals surface area contributed by atoms with Gasteiger partial charge in [-0.2, -0.15) is 8.42 Å². The summed E-state index contributed by atoms with van der Waals surface area (Å²) >= 11 is 5.63. The molecule has 0 atom stereocenters. The van der Waals surface area contributed by atoms with Crippen molar-refractivity contribution < 1.29 is 12.8 Å². The Kier molecular flexibility index (Phi) is 2.95. The lowest BCUT2D eigenvalue weighted by atomic mass is 10.3. The number of sulfonamides is 1. The van der Waals surface area contributed by atoms with Crippen LogP contribution in [0.2, 0.25) is 5.02 Å². The van der Waals surface area contributed by atoms with Gasteiger partial charge in [-0.05, 0) is 30.3 Å². The number of hydrogen-bond acceptors (Lipinski definition) is 4. The Morgan fingerprint density at radius 2 is 2.05 bits per heavy atom. The van der Waals surface area contributed by atoms with Crippen LogP contribution in [0.15, 0.2) is 45.8 Å². The highest BCUT2D eigenvalue weighted by molar-refractivity contribution is 7.90. The van der Waals surface area contributed by atoms with Crippen molar-refractivity contribution in [3.05, 3.63) is 47.4 Å². The molecule has 1 aliphatic heterocycles. The minimum atomic E-state index is -3.76. The zero-order chi connectivity index (χ0) is 14.3. The van der Waals surface area contributed by atoms with Crippen molar-refractivity contribution >= 4 is 39.5 Å². The molecule has 0 saturated heterocycles. The third kappa shape index (κ3) is 2.04. The zero-order valence-corrected chi connectivity index (χ0v) is 11.4. The number of aromatic nitrogens is 1. The van der Waals surface area contributed by atoms with E-state index in [1.807, 2.05) is 0 Å². The van der Waals surface area contributed by atoms with Gasteiger partial charge in [0, 0.05) is 6.20 Å². The Labute approximate surface area is 119 Å². The van der Waals surface area contributed by atoms with Gasteiger partial charge in [0.05, 0.1) is 10.7 Å². The molecular formula is C12H7ClFN3O2S. The molecule has 20 heavy (non-hydrogen) atoms. The molecule has 5 nitrogen and oxygen atoms in total. The molecule has 8 heteroatoms. The fourth-order valence-corrected chi connectivity index (χ4v) is 2.89. The minimum Gasteiger partial charge on any atom is -0.283 e. The van der Waals surface area contributed by atoms with Crippen LogP contribution in [0.25, 0.3) is 0 Å². The van der Waals surface area contributed by atoms with Crippen molar-refractivity contribution in [2.24, 2.45) is 4.40 Å². The van der Waals surface area contributed by atoms with Crippen molar-refractivity contribution in [2.45, 2.75) is 4.90 Å². The molecule has 0 bridgehead atoms. The highest BCUT2D eigenvalue weighted by Gasteiger charge is 2.27. The van der Waals surface area contributed by atoms with Crippen LogP contribution in [-0.4, -0.2) is 19.7 Å². The Hall–Kier alpha value is -1.99. The van der Waals surface area contributed by atoms with Crippen molar-refractivity contribution in [2.75, 3.05) is 4.90 Å². The maximum absolute atomic E-state index is 13.5. The van der Waals surface area contributed by atoms with Crippen LogP contribution in [-0.2, 0) is 10.0 Å². The summed E-state index contributed by atoms with van der Waals surface area (Å²) in [5.74, 6) is -0.437. The first-order valence-electron chi connectivity index (χ1n) is 5.49. The van der Waals surface area contributed by atoms with Crippen molar-refractivity contribution in [1.29, 1.82) is 0 Å². The van der Waals surface area contributed by atoms with Gasteiger partial charge < -0.3 is 0 Å². The first-order valence-corrected chi connectivity index (χ1v) is 7.30. The van der Waals surface area contributed by atoms with E-state index in [0.29, 0.717) is 5.69 Å². The van der Waals surface area contributed by atoms with Gasteiger partial charge in [0.25, 0.3) is 10.0 Å². The SMILES string of the molecule is O=S1(=O)N=CN(c2ccc(Cl)c(F)c2)c2ncccc21. The molecule has 0 radical (unpaired) electrons. The second-order valence-corrected chi connectivity index (χ2v) is 6.00. The number of nitrogens with zero attached hydrogens (tertiary/aromatic N) is 3. The molecule has 3 rings (SSSR count). The van der Waals surface area contributed by atoms with Crippen molar-refractivity contribution in [1.82, 2.24) is 4.98 Å². The molecule has 1 aromatic carbocycles. The summed E-state index contributed by atoms with van der Waals surface area (Å²) in [7, 11) is -3.76. The second-order valence-electron chi connectivity index (χ2n) is 3.99. The highest BCUT2D eigenvalue weighted by Crippen LogP contribution is 2.33. The Balaban J connectivity index is 2.19. The van der Waals surface area contributed by atoms with Crippen LogP contribution in [0.4, 0.5) is 15.9 Å². The zero-order valence-electron chi connectivity index (χ0n) is 9.86. The molecule has 0 amide bonds. The van der Waals surface area contributed by atoms with Gasteiger partial charge in [-0.3, -0.25) is 4.90 Å². The lowest BCUT2D eigenvalue weighted by Gasteiger charge is -2.23. The third-order valence-corrected chi connectivity index (χ3v) is 4.29. The predicted octanol–water partition coefficient (Wildman–Crippen LogP) is 2.74. The molecule has 0 fully saturated rings. The first kappa shape index (κ1) is 13.0. The van der Waals surface area contributed by atoms with Gasteiger partial charge >= 0.3 is 0 Å². The van der Waals surface area contributed by atoms with E-state index < -0.39 is 15.8 Å². The van der Waals surface area contributed by atoms with E-state index in [0.717, 1.165) is 6.34 Å². The Morgan fingerprint density at radius 1 is 1.25 bits per heavy atom. The number of fused-ring (bicyclic) bond motifs is 1. The molecule has 0 N–H and O–H groups in total. The van der Waals surface area contributed by atoms with Gasteiger partial charge in [-0.15, -0.1) is 4.40 Å². The molecular weight excluding hydrogens is 305 g/mol. The molecule has 102 valence electrons. The average molecular weight is 312 g/mol. The van der Waals surface area contributed by atoms with Crippen LogP contribution in [0.5, 0.6) is 0 Å². The van der Waals surface area contributed by atoms with E-state index in [2.05, 4.69) is 9.38 Å². The molecule has 0 aliphatic carbocycles. The molecule has 0 unspecified atom stereocenters. The maximum Gasteiger partial charge on any atom is 0.287 e. The number of halogens is 2. The summed E-state index contributed by atoms with van der Waals surface area (Å²) in [6, 6.07) is 7.01. The molecule has 1 aromatic heterocycles. The van der Waals surface area contributed by atoms with E-state index in [1.165, 1.54) is 35.4 Å². The van der Waals surface area contributed by atoms with Gasteiger partial charge in [0.1, 0.15) is 17.1 Å². The Morgan fingerprint density at radius 3 is 2.80 bits per heavy atom.